The quantitative estimate of drug-likeness (QED) is 0.0863. The monoisotopic (exact) mass is 773 g/mol. The molecular weight excluding hydrogens is 725 g/mol. The third kappa shape index (κ3) is 17.3. The SMILES string of the molecule is C=C(C)c1cccc(C(C)(C)NC(=O)OCCCCCCCCCC[n+]2cccc(CCCC)c2)c1.O=S(=O)([N-]S(=O)(=O)C(F)(F)F)C(F)(F)F. The van der Waals surface area contributed by atoms with Crippen molar-refractivity contribution in [2.75, 3.05) is 6.61 Å². The third-order valence-electron chi connectivity index (χ3n) is 7.56. The van der Waals surface area contributed by atoms with Gasteiger partial charge in [-0.3, -0.25) is 0 Å². The first-order valence-electron chi connectivity index (χ1n) is 16.6. The number of halogens is 6. The van der Waals surface area contributed by atoms with Crippen molar-refractivity contribution in [1.82, 2.24) is 5.32 Å². The van der Waals surface area contributed by atoms with E-state index in [9.17, 15) is 48.0 Å². The normalized spacial score (nSPS) is 12.5. The number of carbonyl (C=O) groups is 1. The number of unbranched alkanes of at least 4 members (excludes halogenated alkanes) is 8. The van der Waals surface area contributed by atoms with Crippen molar-refractivity contribution in [2.24, 2.45) is 0 Å². The minimum atomic E-state index is -6.72. The summed E-state index contributed by atoms with van der Waals surface area (Å²) in [6.45, 7) is 13.8. The lowest BCUT2D eigenvalue weighted by molar-refractivity contribution is -0.697. The molecule has 9 nitrogen and oxygen atoms in total. The van der Waals surface area contributed by atoms with Gasteiger partial charge in [-0.15, -0.1) is 0 Å². The van der Waals surface area contributed by atoms with E-state index in [2.05, 4.69) is 54.0 Å². The molecule has 0 saturated carbocycles. The standard InChI is InChI=1S/C32H48N2O2.C2F6NO4S2/c1-6-7-18-28-19-17-23-34(26-28)22-14-12-10-8-9-11-13-15-24-36-31(35)33-32(4,5)30-21-16-20-29(25-30)27(2)3;3-1(4,5)14(10,11)9-15(12,13)2(6,7)8/h16-17,19-21,23,25-26H,2,6-15,18,22,24H2,1,3-5H3;/q;-1/p+1. The number of nitrogens with one attached hydrogen (secondary N) is 1. The fourth-order valence-electron chi connectivity index (χ4n) is 4.62. The Bertz CT molecular complexity index is 1570. The number of aryl methyl sites for hydroxylation is 2. The highest BCUT2D eigenvalue weighted by molar-refractivity contribution is 8.13. The van der Waals surface area contributed by atoms with Crippen LogP contribution in [0.25, 0.3) is 9.70 Å². The summed E-state index contributed by atoms with van der Waals surface area (Å²) in [5.74, 6) is 0. The second-order valence-electron chi connectivity index (χ2n) is 12.5. The highest BCUT2D eigenvalue weighted by Crippen LogP contribution is 2.36. The Balaban J connectivity index is 0.000000728. The molecule has 0 aliphatic rings. The Hall–Kier alpha value is -3.18. The second kappa shape index (κ2) is 20.8. The molecule has 1 heterocycles. The van der Waals surface area contributed by atoms with Gasteiger partial charge < -0.3 is 14.2 Å². The number of alkyl halides is 6. The molecule has 290 valence electrons. The number of rotatable bonds is 19. The van der Waals surface area contributed by atoms with Crippen LogP contribution in [0.1, 0.15) is 109 Å². The maximum absolute atomic E-state index is 12.3. The molecule has 0 aliphatic carbocycles. The molecule has 0 radical (unpaired) electrons. The Morgan fingerprint density at radius 3 is 1.92 bits per heavy atom. The highest BCUT2D eigenvalue weighted by atomic mass is 32.3. The largest absolute Gasteiger partial charge is 0.480 e. The molecule has 1 N–H and O–H groups in total. The second-order valence-corrected chi connectivity index (χ2v) is 16.0. The molecule has 51 heavy (non-hydrogen) atoms. The third-order valence-corrected chi connectivity index (χ3v) is 10.3. The van der Waals surface area contributed by atoms with Crippen molar-refractivity contribution in [3.8, 4) is 0 Å². The van der Waals surface area contributed by atoms with E-state index >= 15 is 0 Å². The number of benzene rings is 1. The lowest BCUT2D eigenvalue weighted by Gasteiger charge is -2.27. The summed E-state index contributed by atoms with van der Waals surface area (Å²) in [5.41, 5.74) is -8.31. The van der Waals surface area contributed by atoms with E-state index in [4.69, 9.17) is 4.74 Å². The predicted molar refractivity (Wildman–Crippen MR) is 184 cm³/mol. The maximum atomic E-state index is 12.3. The van der Waals surface area contributed by atoms with E-state index in [1.54, 1.807) is 0 Å². The van der Waals surface area contributed by atoms with Gasteiger partial charge in [-0.05, 0) is 69.7 Å². The topological polar surface area (TPSA) is 125 Å². The molecule has 0 unspecified atom stereocenters. The first kappa shape index (κ1) is 45.8. The van der Waals surface area contributed by atoms with Crippen molar-refractivity contribution >= 4 is 31.7 Å². The zero-order valence-corrected chi connectivity index (χ0v) is 31.1. The summed E-state index contributed by atoms with van der Waals surface area (Å²) in [4.78, 5) is 12.3. The highest BCUT2D eigenvalue weighted by Gasteiger charge is 2.47. The molecular formula is C34H49F6N3O6S2. The van der Waals surface area contributed by atoms with Crippen LogP contribution in [-0.2, 0) is 43.3 Å². The maximum Gasteiger partial charge on any atom is 0.480 e. The number of pyridine rings is 1. The summed E-state index contributed by atoms with van der Waals surface area (Å²) in [6.07, 6.45) is 17.5. The number of amides is 1. The molecule has 17 heteroatoms. The molecule has 0 fully saturated rings. The van der Waals surface area contributed by atoms with Crippen LogP contribution >= 0.6 is 0 Å². The van der Waals surface area contributed by atoms with Crippen molar-refractivity contribution in [1.29, 1.82) is 0 Å². The summed E-state index contributed by atoms with van der Waals surface area (Å²) >= 11 is 0. The van der Waals surface area contributed by atoms with Crippen molar-refractivity contribution in [3.05, 3.63) is 76.2 Å². The Labute approximate surface area is 298 Å². The van der Waals surface area contributed by atoms with Gasteiger partial charge in [0.05, 0.1) is 12.1 Å². The van der Waals surface area contributed by atoms with Gasteiger partial charge in [0.15, 0.2) is 32.4 Å². The lowest BCUT2D eigenvalue weighted by atomic mass is 9.92. The average Bonchev–Trinajstić information content (AvgIpc) is 3.01. The van der Waals surface area contributed by atoms with Crippen LogP contribution in [0.2, 0.25) is 0 Å². The number of aromatic nitrogens is 1. The predicted octanol–water partition coefficient (Wildman–Crippen LogP) is 9.19. The summed E-state index contributed by atoms with van der Waals surface area (Å²) in [6, 6.07) is 12.6. The van der Waals surface area contributed by atoms with E-state index in [0.717, 1.165) is 40.2 Å². The van der Waals surface area contributed by atoms with Gasteiger partial charge >= 0.3 is 17.1 Å². The van der Waals surface area contributed by atoms with Gasteiger partial charge in [-0.25, -0.2) is 26.2 Å². The van der Waals surface area contributed by atoms with E-state index in [1.807, 2.05) is 39.0 Å². The van der Waals surface area contributed by atoms with E-state index < -0.39 is 36.6 Å². The van der Waals surface area contributed by atoms with Gasteiger partial charge in [0, 0.05) is 18.1 Å². The molecule has 1 amide bonds. The summed E-state index contributed by atoms with van der Waals surface area (Å²) < 4.78 is 117. The molecule has 1 aromatic heterocycles. The first-order valence-corrected chi connectivity index (χ1v) is 19.5. The molecule has 0 spiro atoms. The van der Waals surface area contributed by atoms with Crippen molar-refractivity contribution < 1.29 is 57.3 Å². The number of sulfonamides is 2. The first-order chi connectivity index (χ1) is 23.5. The average molecular weight is 774 g/mol. The smallest absolute Gasteiger partial charge is 0.450 e. The number of hydrogen-bond acceptors (Lipinski definition) is 6. The van der Waals surface area contributed by atoms with Crippen LogP contribution < -0.4 is 9.88 Å². The Kier molecular flexibility index (Phi) is 18.7. The van der Waals surface area contributed by atoms with Gasteiger partial charge in [-0.2, -0.15) is 26.3 Å². The number of nitrogens with zero attached hydrogens (tertiary/aromatic N) is 2. The zero-order chi connectivity index (χ0) is 38.9. The minimum Gasteiger partial charge on any atom is -0.450 e. The summed E-state index contributed by atoms with van der Waals surface area (Å²) in [5, 5.41) is 3.00. The molecule has 0 bridgehead atoms. The lowest BCUT2D eigenvalue weighted by Crippen LogP contribution is -2.41. The van der Waals surface area contributed by atoms with E-state index in [1.165, 1.54) is 63.4 Å². The van der Waals surface area contributed by atoms with Gasteiger partial charge in [0.25, 0.3) is 0 Å². The van der Waals surface area contributed by atoms with Gasteiger partial charge in [0.1, 0.15) is 6.54 Å². The molecule has 0 aliphatic heterocycles. The number of hydrogen-bond donors (Lipinski definition) is 1. The van der Waals surface area contributed by atoms with Gasteiger partial charge in [0.2, 0.25) is 0 Å². The van der Waals surface area contributed by atoms with Crippen LogP contribution in [0.5, 0.6) is 0 Å². The molecule has 2 rings (SSSR count). The Morgan fingerprint density at radius 1 is 0.843 bits per heavy atom. The molecule has 0 atom stereocenters. The molecule has 2 aromatic rings. The number of ether oxygens (including phenoxy) is 1. The van der Waals surface area contributed by atoms with Crippen molar-refractivity contribution in [2.45, 2.75) is 121 Å². The van der Waals surface area contributed by atoms with Gasteiger partial charge in [-0.1, -0.05) is 75.8 Å². The van der Waals surface area contributed by atoms with Crippen LogP contribution in [0.4, 0.5) is 31.1 Å². The number of carbonyl (C=O) groups excluding carboxylic acids is 1. The van der Waals surface area contributed by atoms with Crippen LogP contribution in [0, 0.1) is 0 Å². The van der Waals surface area contributed by atoms with Crippen LogP contribution in [0.15, 0.2) is 55.4 Å². The van der Waals surface area contributed by atoms with E-state index in [0.29, 0.717) is 6.61 Å². The number of allylic oxidation sites excluding steroid dienone is 1. The fourth-order valence-corrected chi connectivity index (χ4v) is 6.33. The minimum absolute atomic E-state index is 0.352. The summed E-state index contributed by atoms with van der Waals surface area (Å²) in [7, 11) is -13.4. The van der Waals surface area contributed by atoms with E-state index in [-0.39, 0.29) is 6.09 Å². The molecule has 1 aromatic carbocycles. The van der Waals surface area contributed by atoms with Crippen molar-refractivity contribution in [3.63, 3.8) is 0 Å². The van der Waals surface area contributed by atoms with Crippen LogP contribution in [-0.4, -0.2) is 40.6 Å². The van der Waals surface area contributed by atoms with Crippen LogP contribution in [0.3, 0.4) is 0 Å². The Morgan fingerprint density at radius 2 is 1.39 bits per heavy atom. The fraction of sp³-hybridized carbons (Fsp3) is 0.588. The number of alkyl carbamates (subject to hydrolysis) is 1. The molecule has 0 saturated heterocycles. The zero-order valence-electron chi connectivity index (χ0n) is 29.4.